The van der Waals surface area contributed by atoms with Crippen LogP contribution < -0.4 is 5.32 Å². The van der Waals surface area contributed by atoms with Crippen molar-refractivity contribution in [3.63, 3.8) is 0 Å². The van der Waals surface area contributed by atoms with Crippen LogP contribution in [0.4, 0.5) is 0 Å². The standard InChI is InChI=1S/C8H17NO4/c1-11-5-7(13-3)4-9-8(10)6-12-2/h7H,4-6H2,1-3H3,(H,9,10). The largest absolute Gasteiger partial charge is 0.382 e. The highest BCUT2D eigenvalue weighted by Gasteiger charge is 2.08. The molecule has 0 aliphatic rings. The van der Waals surface area contributed by atoms with Gasteiger partial charge in [0.25, 0.3) is 0 Å². The normalized spacial score (nSPS) is 12.5. The topological polar surface area (TPSA) is 56.8 Å². The first kappa shape index (κ1) is 12.3. The van der Waals surface area contributed by atoms with Gasteiger partial charge in [-0.2, -0.15) is 0 Å². The van der Waals surface area contributed by atoms with Gasteiger partial charge in [-0.15, -0.1) is 0 Å². The van der Waals surface area contributed by atoms with E-state index in [2.05, 4.69) is 10.1 Å². The SMILES string of the molecule is COCC(=O)NCC(COC)OC. The Bertz CT molecular complexity index is 140. The van der Waals surface area contributed by atoms with Crippen LogP contribution in [0, 0.1) is 0 Å². The van der Waals surface area contributed by atoms with Gasteiger partial charge in [-0.05, 0) is 0 Å². The second-order valence-electron chi connectivity index (χ2n) is 2.55. The van der Waals surface area contributed by atoms with Gasteiger partial charge in [0.05, 0.1) is 12.7 Å². The Balaban J connectivity index is 3.52. The molecule has 5 nitrogen and oxygen atoms in total. The van der Waals surface area contributed by atoms with Crippen LogP contribution in [0.3, 0.4) is 0 Å². The smallest absolute Gasteiger partial charge is 0.246 e. The highest BCUT2D eigenvalue weighted by Crippen LogP contribution is 1.88. The van der Waals surface area contributed by atoms with E-state index in [4.69, 9.17) is 9.47 Å². The second-order valence-corrected chi connectivity index (χ2v) is 2.55. The maximum atomic E-state index is 10.9. The summed E-state index contributed by atoms with van der Waals surface area (Å²) in [5.74, 6) is -0.152. The summed E-state index contributed by atoms with van der Waals surface area (Å²) in [4.78, 5) is 10.9. The minimum absolute atomic E-state index is 0.0728. The molecule has 1 amide bonds. The first-order valence-electron chi connectivity index (χ1n) is 4.02. The van der Waals surface area contributed by atoms with Crippen molar-refractivity contribution in [1.29, 1.82) is 0 Å². The van der Waals surface area contributed by atoms with E-state index >= 15 is 0 Å². The van der Waals surface area contributed by atoms with E-state index < -0.39 is 0 Å². The second kappa shape index (κ2) is 7.97. The first-order chi connectivity index (χ1) is 6.24. The molecule has 0 saturated heterocycles. The van der Waals surface area contributed by atoms with Crippen molar-refractivity contribution in [3.8, 4) is 0 Å². The van der Waals surface area contributed by atoms with E-state index in [1.54, 1.807) is 14.2 Å². The maximum absolute atomic E-state index is 10.9. The molecule has 0 rings (SSSR count). The third kappa shape index (κ3) is 6.51. The van der Waals surface area contributed by atoms with Crippen LogP contribution in [0.5, 0.6) is 0 Å². The van der Waals surface area contributed by atoms with Crippen LogP contribution >= 0.6 is 0 Å². The number of ether oxygens (including phenoxy) is 3. The molecule has 0 bridgehead atoms. The molecule has 13 heavy (non-hydrogen) atoms. The lowest BCUT2D eigenvalue weighted by molar-refractivity contribution is -0.125. The van der Waals surface area contributed by atoms with Crippen molar-refractivity contribution in [2.45, 2.75) is 6.10 Å². The molecule has 5 heteroatoms. The number of nitrogens with one attached hydrogen (secondary N) is 1. The zero-order valence-electron chi connectivity index (χ0n) is 8.33. The fourth-order valence-corrected chi connectivity index (χ4v) is 0.806. The molecular weight excluding hydrogens is 174 g/mol. The van der Waals surface area contributed by atoms with Gasteiger partial charge in [-0.1, -0.05) is 0 Å². The van der Waals surface area contributed by atoms with E-state index in [1.165, 1.54) is 7.11 Å². The highest BCUT2D eigenvalue weighted by molar-refractivity contribution is 5.77. The summed E-state index contributed by atoms with van der Waals surface area (Å²) in [7, 11) is 4.64. The molecule has 1 atom stereocenters. The van der Waals surface area contributed by atoms with Crippen molar-refractivity contribution >= 4 is 5.91 Å². The molecule has 0 aliphatic heterocycles. The van der Waals surface area contributed by atoms with Gasteiger partial charge < -0.3 is 19.5 Å². The Hall–Kier alpha value is -0.650. The fourth-order valence-electron chi connectivity index (χ4n) is 0.806. The Morgan fingerprint density at radius 2 is 2.00 bits per heavy atom. The predicted molar refractivity (Wildman–Crippen MR) is 47.6 cm³/mol. The summed E-state index contributed by atoms with van der Waals surface area (Å²) < 4.78 is 14.6. The van der Waals surface area contributed by atoms with Crippen LogP contribution in [0.25, 0.3) is 0 Å². The van der Waals surface area contributed by atoms with Crippen molar-refractivity contribution in [1.82, 2.24) is 5.32 Å². The zero-order chi connectivity index (χ0) is 10.1. The van der Waals surface area contributed by atoms with Crippen LogP contribution in [-0.4, -0.2) is 53.1 Å². The van der Waals surface area contributed by atoms with Crippen LogP contribution in [0.1, 0.15) is 0 Å². The summed E-state index contributed by atoms with van der Waals surface area (Å²) >= 11 is 0. The third-order valence-corrected chi connectivity index (χ3v) is 1.49. The number of methoxy groups -OCH3 is 3. The van der Waals surface area contributed by atoms with Crippen LogP contribution in [0.15, 0.2) is 0 Å². The molecular formula is C8H17NO4. The van der Waals surface area contributed by atoms with Crippen molar-refractivity contribution in [3.05, 3.63) is 0 Å². The highest BCUT2D eigenvalue weighted by atomic mass is 16.5. The molecule has 0 fully saturated rings. The molecule has 0 radical (unpaired) electrons. The first-order valence-corrected chi connectivity index (χ1v) is 4.02. The third-order valence-electron chi connectivity index (χ3n) is 1.49. The van der Waals surface area contributed by atoms with Gasteiger partial charge in [-0.3, -0.25) is 4.79 Å². The van der Waals surface area contributed by atoms with Crippen molar-refractivity contribution < 1.29 is 19.0 Å². The Labute approximate surface area is 78.3 Å². The summed E-state index contributed by atoms with van der Waals surface area (Å²) in [6.07, 6.45) is -0.106. The Morgan fingerprint density at radius 1 is 1.31 bits per heavy atom. The van der Waals surface area contributed by atoms with Gasteiger partial charge in [0.15, 0.2) is 0 Å². The average molecular weight is 191 g/mol. The molecule has 0 spiro atoms. The predicted octanol–water partition coefficient (Wildman–Crippen LogP) is -0.590. The lowest BCUT2D eigenvalue weighted by atomic mass is 10.3. The van der Waals surface area contributed by atoms with Gasteiger partial charge in [0, 0.05) is 27.9 Å². The molecule has 0 aliphatic carbocycles. The summed E-state index contributed by atoms with van der Waals surface area (Å²) in [6.45, 7) is 0.972. The minimum Gasteiger partial charge on any atom is -0.382 e. The van der Waals surface area contributed by atoms with Crippen LogP contribution in [0.2, 0.25) is 0 Å². The molecule has 0 saturated carbocycles. The van der Waals surface area contributed by atoms with Gasteiger partial charge >= 0.3 is 0 Å². The minimum atomic E-state index is -0.152. The molecule has 0 aromatic carbocycles. The number of hydrogen-bond donors (Lipinski definition) is 1. The van der Waals surface area contributed by atoms with Gasteiger partial charge in [0.1, 0.15) is 6.61 Å². The van der Waals surface area contributed by atoms with E-state index in [1.807, 2.05) is 0 Å². The van der Waals surface area contributed by atoms with E-state index in [0.29, 0.717) is 13.2 Å². The Morgan fingerprint density at radius 3 is 2.46 bits per heavy atom. The number of carbonyl (C=O) groups is 1. The van der Waals surface area contributed by atoms with E-state index in [9.17, 15) is 4.79 Å². The zero-order valence-corrected chi connectivity index (χ0v) is 8.33. The van der Waals surface area contributed by atoms with Crippen LogP contribution in [-0.2, 0) is 19.0 Å². The monoisotopic (exact) mass is 191 g/mol. The summed E-state index contributed by atoms with van der Waals surface area (Å²) in [5, 5.41) is 2.65. The van der Waals surface area contributed by atoms with Crippen molar-refractivity contribution in [2.75, 3.05) is 41.1 Å². The lowest BCUT2D eigenvalue weighted by Gasteiger charge is -2.14. The number of rotatable bonds is 7. The molecule has 0 aromatic heterocycles. The number of carbonyl (C=O) groups excluding carboxylic acids is 1. The van der Waals surface area contributed by atoms with E-state index in [-0.39, 0.29) is 18.6 Å². The van der Waals surface area contributed by atoms with Crippen molar-refractivity contribution in [2.24, 2.45) is 0 Å². The summed E-state index contributed by atoms with van der Waals surface area (Å²) in [6, 6.07) is 0. The lowest BCUT2D eigenvalue weighted by Crippen LogP contribution is -2.37. The van der Waals surface area contributed by atoms with E-state index in [0.717, 1.165) is 0 Å². The molecule has 0 heterocycles. The average Bonchev–Trinajstić information content (AvgIpc) is 2.12. The number of hydrogen-bond acceptors (Lipinski definition) is 4. The number of amides is 1. The quantitative estimate of drug-likeness (QED) is 0.584. The van der Waals surface area contributed by atoms with Gasteiger partial charge in [0.2, 0.25) is 5.91 Å². The van der Waals surface area contributed by atoms with Gasteiger partial charge in [-0.25, -0.2) is 0 Å². The Kier molecular flexibility index (Phi) is 7.57. The molecule has 0 aromatic rings. The molecule has 1 N–H and O–H groups in total. The maximum Gasteiger partial charge on any atom is 0.246 e. The molecule has 78 valence electrons. The fraction of sp³-hybridized carbons (Fsp3) is 0.875. The molecule has 1 unspecified atom stereocenters. The summed E-state index contributed by atoms with van der Waals surface area (Å²) in [5.41, 5.74) is 0.